The summed E-state index contributed by atoms with van der Waals surface area (Å²) in [7, 11) is 1.32. The highest BCUT2D eigenvalue weighted by Gasteiger charge is 1.87. The maximum Gasteiger partial charge on any atom is 0.235 e. The van der Waals surface area contributed by atoms with Crippen LogP contribution in [0.25, 0.3) is 0 Å². The molecule has 0 saturated carbocycles. The topological polar surface area (TPSA) is 45.3 Å². The summed E-state index contributed by atoms with van der Waals surface area (Å²) in [4.78, 5) is 3.27. The first kappa shape index (κ1) is 13.1. The monoisotopic (exact) mass is 205 g/mol. The molecule has 0 spiro atoms. The first-order valence-electron chi connectivity index (χ1n) is 5.03. The van der Waals surface area contributed by atoms with Crippen LogP contribution in [-0.2, 0) is 4.43 Å². The highest BCUT2D eigenvalue weighted by atomic mass is 28.2. The Hall–Kier alpha value is 0.0569. The second kappa shape index (κ2) is 12.1. The molecule has 0 atom stereocenters. The predicted octanol–water partition coefficient (Wildman–Crippen LogP) is -1.19. The average molecular weight is 205 g/mol. The van der Waals surface area contributed by atoms with Gasteiger partial charge in [0.05, 0.1) is 0 Å². The molecule has 0 aromatic rings. The smallest absolute Gasteiger partial charge is 0.235 e. The lowest BCUT2D eigenvalue weighted by atomic mass is 10.4. The van der Waals surface area contributed by atoms with E-state index in [0.717, 1.165) is 32.7 Å². The average Bonchev–Trinajstić information content (AvgIpc) is 2.16. The lowest BCUT2D eigenvalue weighted by Gasteiger charge is -2.06. The van der Waals surface area contributed by atoms with Crippen molar-refractivity contribution in [2.45, 2.75) is 13.3 Å². The maximum atomic E-state index is 4.99. The Bertz CT molecular complexity index is 85.5. The van der Waals surface area contributed by atoms with Crippen LogP contribution in [0.15, 0.2) is 0 Å². The minimum absolute atomic E-state index is 0.432. The van der Waals surface area contributed by atoms with Crippen molar-refractivity contribution in [1.82, 2.24) is 15.6 Å². The van der Waals surface area contributed by atoms with Crippen LogP contribution in [0.5, 0.6) is 0 Å². The summed E-state index contributed by atoms with van der Waals surface area (Å²) in [6.45, 7) is 7.47. The van der Waals surface area contributed by atoms with Gasteiger partial charge >= 0.3 is 0 Å². The highest BCUT2D eigenvalue weighted by Crippen LogP contribution is 1.67. The molecule has 3 N–H and O–H groups in total. The van der Waals surface area contributed by atoms with Crippen LogP contribution in [0.2, 0.25) is 0 Å². The number of hydrogen-bond donors (Lipinski definition) is 3. The summed E-state index contributed by atoms with van der Waals surface area (Å²) in [5.41, 5.74) is 0. The van der Waals surface area contributed by atoms with Crippen molar-refractivity contribution in [3.63, 3.8) is 0 Å². The Morgan fingerprint density at radius 3 is 2.23 bits per heavy atom. The van der Waals surface area contributed by atoms with Gasteiger partial charge in [-0.2, -0.15) is 0 Å². The van der Waals surface area contributed by atoms with E-state index < -0.39 is 9.92 Å². The van der Waals surface area contributed by atoms with E-state index in [9.17, 15) is 0 Å². The fraction of sp³-hybridized carbons (Fsp3) is 1.00. The minimum atomic E-state index is -0.432. The molecule has 80 valence electrons. The summed E-state index contributed by atoms with van der Waals surface area (Å²) < 4.78 is 4.99. The van der Waals surface area contributed by atoms with E-state index in [2.05, 4.69) is 22.5 Å². The largest absolute Gasteiger partial charge is 0.412 e. The van der Waals surface area contributed by atoms with Gasteiger partial charge in [-0.05, 0) is 13.0 Å². The number of hydrogen-bond acceptors (Lipinski definition) is 4. The van der Waals surface area contributed by atoms with E-state index in [4.69, 9.17) is 4.43 Å². The first-order valence-corrected chi connectivity index (χ1v) is 6.31. The van der Waals surface area contributed by atoms with Gasteiger partial charge in [0, 0.05) is 33.3 Å². The SMILES string of the molecule is CCCNCCNCCN[SiH2]OC. The van der Waals surface area contributed by atoms with Crippen molar-refractivity contribution in [2.75, 3.05) is 39.8 Å². The Morgan fingerprint density at radius 2 is 1.62 bits per heavy atom. The molecule has 0 rings (SSSR count). The Morgan fingerprint density at radius 1 is 1.00 bits per heavy atom. The second-order valence-electron chi connectivity index (χ2n) is 2.93. The minimum Gasteiger partial charge on any atom is -0.412 e. The van der Waals surface area contributed by atoms with Gasteiger partial charge in [-0.15, -0.1) is 0 Å². The highest BCUT2D eigenvalue weighted by molar-refractivity contribution is 6.23. The van der Waals surface area contributed by atoms with Crippen molar-refractivity contribution < 1.29 is 4.43 Å². The molecule has 0 radical (unpaired) electrons. The van der Waals surface area contributed by atoms with Crippen LogP contribution in [0.4, 0.5) is 0 Å². The maximum absolute atomic E-state index is 4.99. The Balaban J connectivity index is 2.76. The molecule has 13 heavy (non-hydrogen) atoms. The van der Waals surface area contributed by atoms with Gasteiger partial charge in [-0.25, -0.2) is 0 Å². The molecule has 0 fully saturated rings. The van der Waals surface area contributed by atoms with E-state index in [1.807, 2.05) is 0 Å². The third-order valence-corrected chi connectivity index (χ3v) is 2.48. The zero-order valence-electron chi connectivity index (χ0n) is 8.86. The van der Waals surface area contributed by atoms with Crippen LogP contribution < -0.4 is 15.6 Å². The zero-order valence-corrected chi connectivity index (χ0v) is 10.3. The van der Waals surface area contributed by atoms with Gasteiger partial charge in [0.15, 0.2) is 0 Å². The van der Waals surface area contributed by atoms with E-state index in [0.29, 0.717) is 0 Å². The van der Waals surface area contributed by atoms with Gasteiger partial charge in [-0.3, -0.25) is 0 Å². The molecular weight excluding hydrogens is 182 g/mol. The first-order chi connectivity index (χ1) is 6.41. The van der Waals surface area contributed by atoms with Gasteiger partial charge in [0.1, 0.15) is 0 Å². The second-order valence-corrected chi connectivity index (χ2v) is 4.30. The molecule has 4 nitrogen and oxygen atoms in total. The van der Waals surface area contributed by atoms with Crippen LogP contribution >= 0.6 is 0 Å². The molecule has 0 aromatic heterocycles. The lowest BCUT2D eigenvalue weighted by Crippen LogP contribution is -2.34. The summed E-state index contributed by atoms with van der Waals surface area (Å²) in [6.07, 6.45) is 1.21. The molecule has 0 bridgehead atoms. The van der Waals surface area contributed by atoms with Gasteiger partial charge in [0.2, 0.25) is 9.92 Å². The Labute approximate surface area is 83.8 Å². The van der Waals surface area contributed by atoms with Crippen molar-refractivity contribution in [2.24, 2.45) is 0 Å². The molecule has 0 amide bonds. The van der Waals surface area contributed by atoms with Crippen molar-refractivity contribution in [3.05, 3.63) is 0 Å². The molecule has 0 aliphatic carbocycles. The molecule has 0 aliphatic rings. The van der Waals surface area contributed by atoms with Gasteiger partial charge < -0.3 is 20.0 Å². The molecule has 0 unspecified atom stereocenters. The normalized spacial score (nSPS) is 11.5. The zero-order chi connectivity index (χ0) is 9.78. The Kier molecular flexibility index (Phi) is 12.1. The van der Waals surface area contributed by atoms with Crippen LogP contribution in [0, 0.1) is 0 Å². The summed E-state index contributed by atoms with van der Waals surface area (Å²) >= 11 is 0. The third-order valence-electron chi connectivity index (χ3n) is 1.63. The molecule has 5 heteroatoms. The van der Waals surface area contributed by atoms with E-state index in [1.165, 1.54) is 6.42 Å². The van der Waals surface area contributed by atoms with Gasteiger partial charge in [0.25, 0.3) is 0 Å². The molecule has 0 aliphatic heterocycles. The number of nitrogens with one attached hydrogen (secondary N) is 3. The van der Waals surface area contributed by atoms with Crippen LogP contribution in [0.3, 0.4) is 0 Å². The molecular formula is C8H23N3OSi. The van der Waals surface area contributed by atoms with E-state index in [-0.39, 0.29) is 0 Å². The quantitative estimate of drug-likeness (QED) is 0.310. The van der Waals surface area contributed by atoms with Crippen LogP contribution in [-0.4, -0.2) is 49.8 Å². The molecule has 0 aromatic carbocycles. The fourth-order valence-electron chi connectivity index (χ4n) is 0.955. The van der Waals surface area contributed by atoms with Crippen molar-refractivity contribution in [3.8, 4) is 0 Å². The van der Waals surface area contributed by atoms with Gasteiger partial charge in [-0.1, -0.05) is 6.92 Å². The van der Waals surface area contributed by atoms with E-state index >= 15 is 0 Å². The van der Waals surface area contributed by atoms with Crippen molar-refractivity contribution in [1.29, 1.82) is 0 Å². The summed E-state index contributed by atoms with van der Waals surface area (Å²) in [6, 6.07) is 0. The summed E-state index contributed by atoms with van der Waals surface area (Å²) in [5.74, 6) is 0. The molecule has 0 heterocycles. The summed E-state index contributed by atoms with van der Waals surface area (Å²) in [5, 5.41) is 6.68. The number of rotatable bonds is 10. The van der Waals surface area contributed by atoms with Crippen LogP contribution in [0.1, 0.15) is 13.3 Å². The standard InChI is InChI=1S/C8H23N3OSi/c1-3-4-9-5-6-10-7-8-11-13-12-2/h9-11H,3-8,13H2,1-2H3. The van der Waals surface area contributed by atoms with Crippen molar-refractivity contribution >= 4 is 9.92 Å². The lowest BCUT2D eigenvalue weighted by molar-refractivity contribution is 0.430. The molecule has 0 saturated heterocycles. The van der Waals surface area contributed by atoms with E-state index in [1.54, 1.807) is 7.11 Å². The predicted molar refractivity (Wildman–Crippen MR) is 59.6 cm³/mol. The third kappa shape index (κ3) is 12.1. The fourth-order valence-corrected chi connectivity index (χ4v) is 1.48.